The number of alkyl carbamates (subject to hydrolysis) is 1. The maximum absolute atomic E-state index is 13.6. The normalized spacial score (nSPS) is 17.7. The average Bonchev–Trinajstić information content (AvgIpc) is 2.83. The van der Waals surface area contributed by atoms with Crippen molar-refractivity contribution in [1.29, 1.82) is 0 Å². The highest BCUT2D eigenvalue weighted by atomic mass is 16.6. The average molecular weight is 491 g/mol. The molecule has 6 nitrogen and oxygen atoms in total. The molecule has 6 heteroatoms. The van der Waals surface area contributed by atoms with Crippen LogP contribution in [0.4, 0.5) is 4.79 Å². The number of hydrogen-bond donors (Lipinski definition) is 1. The van der Waals surface area contributed by atoms with Gasteiger partial charge in [0.15, 0.2) is 0 Å². The van der Waals surface area contributed by atoms with Crippen LogP contribution in [0.5, 0.6) is 5.75 Å². The van der Waals surface area contributed by atoms with Crippen LogP contribution in [-0.2, 0) is 11.3 Å². The van der Waals surface area contributed by atoms with Gasteiger partial charge < -0.3 is 19.7 Å². The first kappa shape index (κ1) is 25.8. The Balaban J connectivity index is 1.43. The molecule has 1 aliphatic heterocycles. The van der Waals surface area contributed by atoms with Crippen LogP contribution in [0.25, 0.3) is 0 Å². The number of nitrogens with one attached hydrogen (secondary N) is 1. The molecular weight excluding hydrogens is 452 g/mol. The third-order valence-electron chi connectivity index (χ3n) is 6.63. The molecule has 2 fully saturated rings. The first-order valence-electron chi connectivity index (χ1n) is 13.1. The summed E-state index contributed by atoms with van der Waals surface area (Å²) in [6.07, 6.45) is 8.33. The fourth-order valence-electron chi connectivity index (χ4n) is 4.65. The van der Waals surface area contributed by atoms with Gasteiger partial charge in [-0.3, -0.25) is 4.79 Å². The Hall–Kier alpha value is -3.28. The van der Waals surface area contributed by atoms with Gasteiger partial charge in [-0.15, -0.1) is 0 Å². The van der Waals surface area contributed by atoms with Crippen molar-refractivity contribution in [3.05, 3.63) is 76.9 Å². The molecule has 192 valence electrons. The van der Waals surface area contributed by atoms with E-state index >= 15 is 0 Å². The van der Waals surface area contributed by atoms with E-state index in [2.05, 4.69) is 23.5 Å². The number of allylic oxidation sites excluding steroid dienone is 1. The molecule has 1 saturated heterocycles. The van der Waals surface area contributed by atoms with E-state index in [1.165, 1.54) is 24.8 Å². The highest BCUT2D eigenvalue weighted by Gasteiger charge is 2.29. The van der Waals surface area contributed by atoms with Crippen LogP contribution in [-0.4, -0.2) is 35.7 Å². The van der Waals surface area contributed by atoms with E-state index in [1.54, 1.807) is 0 Å². The molecule has 0 spiro atoms. The molecule has 1 heterocycles. The Morgan fingerprint density at radius 3 is 2.61 bits per heavy atom. The van der Waals surface area contributed by atoms with Crippen LogP contribution in [0.1, 0.15) is 86.8 Å². The Morgan fingerprint density at radius 1 is 1.06 bits per heavy atom. The van der Waals surface area contributed by atoms with Gasteiger partial charge >= 0.3 is 6.09 Å². The smallest absolute Gasteiger partial charge is 0.407 e. The molecule has 1 atom stereocenters. The second-order valence-electron chi connectivity index (χ2n) is 10.7. The van der Waals surface area contributed by atoms with E-state index in [0.717, 1.165) is 42.7 Å². The van der Waals surface area contributed by atoms with Crippen LogP contribution in [0, 0.1) is 0 Å². The molecule has 36 heavy (non-hydrogen) atoms. The second kappa shape index (κ2) is 11.6. The number of carbonyl (C=O) groups is 2. The summed E-state index contributed by atoms with van der Waals surface area (Å²) in [5.74, 6) is 0.751. The fraction of sp³-hybridized carbons (Fsp3) is 0.467. The van der Waals surface area contributed by atoms with Gasteiger partial charge in [0, 0.05) is 18.7 Å². The number of hydrogen-bond acceptors (Lipinski definition) is 4. The fourth-order valence-corrected chi connectivity index (χ4v) is 4.65. The summed E-state index contributed by atoms with van der Waals surface area (Å²) < 4.78 is 11.2. The SMILES string of the molecule is CC(C)(C)OC(=O)NCc1cccc(C2CCCCN2C(=O)c2cccc(OCC=C3CCC3)c2)c1. The number of rotatable bonds is 7. The number of likely N-dealkylation sites (tertiary alicyclic amines) is 1. The van der Waals surface area contributed by atoms with Crippen LogP contribution in [0.15, 0.2) is 60.2 Å². The monoisotopic (exact) mass is 490 g/mol. The summed E-state index contributed by atoms with van der Waals surface area (Å²) in [6, 6.07) is 15.6. The van der Waals surface area contributed by atoms with Crippen LogP contribution < -0.4 is 10.1 Å². The number of carbonyl (C=O) groups excluding carboxylic acids is 2. The molecule has 2 amide bonds. The summed E-state index contributed by atoms with van der Waals surface area (Å²) in [5, 5.41) is 2.82. The standard InChI is InChI=1S/C30H38N2O4/c1-30(2,3)36-29(34)31-21-23-11-7-12-24(19-23)27-15-4-5-17-32(27)28(33)25-13-8-14-26(20-25)35-18-16-22-9-6-10-22/h7-8,11-14,16,19-20,27H,4-6,9-10,15,17-18,21H2,1-3H3,(H,31,34). The van der Waals surface area contributed by atoms with Gasteiger partial charge in [0.25, 0.3) is 5.91 Å². The Kier molecular flexibility index (Phi) is 8.34. The first-order valence-corrected chi connectivity index (χ1v) is 13.1. The third-order valence-corrected chi connectivity index (χ3v) is 6.63. The zero-order valence-electron chi connectivity index (χ0n) is 21.7. The van der Waals surface area contributed by atoms with Gasteiger partial charge in [-0.25, -0.2) is 4.79 Å². The van der Waals surface area contributed by atoms with Crippen molar-refractivity contribution in [3.8, 4) is 5.75 Å². The van der Waals surface area contributed by atoms with Crippen molar-refractivity contribution < 1.29 is 19.1 Å². The van der Waals surface area contributed by atoms with Gasteiger partial charge in [-0.05, 0) is 94.7 Å². The number of amides is 2. The summed E-state index contributed by atoms with van der Waals surface area (Å²) in [7, 11) is 0. The lowest BCUT2D eigenvalue weighted by molar-refractivity contribution is 0.0523. The molecular formula is C30H38N2O4. The van der Waals surface area contributed by atoms with Crippen LogP contribution in [0.3, 0.4) is 0 Å². The van der Waals surface area contributed by atoms with Crippen molar-refractivity contribution >= 4 is 12.0 Å². The Morgan fingerprint density at radius 2 is 1.86 bits per heavy atom. The lowest BCUT2D eigenvalue weighted by atomic mass is 9.92. The van der Waals surface area contributed by atoms with E-state index in [9.17, 15) is 9.59 Å². The highest BCUT2D eigenvalue weighted by Crippen LogP contribution is 2.33. The Labute approximate surface area is 214 Å². The number of benzene rings is 2. The number of piperidine rings is 1. The van der Waals surface area contributed by atoms with Crippen LogP contribution in [0.2, 0.25) is 0 Å². The van der Waals surface area contributed by atoms with Crippen molar-refractivity contribution in [2.45, 2.75) is 77.5 Å². The van der Waals surface area contributed by atoms with Crippen molar-refractivity contribution in [1.82, 2.24) is 10.2 Å². The van der Waals surface area contributed by atoms with Crippen molar-refractivity contribution in [2.24, 2.45) is 0 Å². The van der Waals surface area contributed by atoms with Crippen molar-refractivity contribution in [3.63, 3.8) is 0 Å². The predicted molar refractivity (Wildman–Crippen MR) is 141 cm³/mol. The largest absolute Gasteiger partial charge is 0.490 e. The lowest BCUT2D eigenvalue weighted by Crippen LogP contribution is -2.38. The van der Waals surface area contributed by atoms with E-state index < -0.39 is 11.7 Å². The molecule has 0 radical (unpaired) electrons. The topological polar surface area (TPSA) is 67.9 Å². The van der Waals surface area contributed by atoms with Gasteiger partial charge in [0.05, 0.1) is 6.04 Å². The van der Waals surface area contributed by atoms with E-state index in [1.807, 2.05) is 62.1 Å². The summed E-state index contributed by atoms with van der Waals surface area (Å²) in [4.78, 5) is 27.6. The van der Waals surface area contributed by atoms with Crippen LogP contribution >= 0.6 is 0 Å². The summed E-state index contributed by atoms with van der Waals surface area (Å²) in [5.41, 5.74) is 3.64. The molecule has 1 saturated carbocycles. The second-order valence-corrected chi connectivity index (χ2v) is 10.7. The third kappa shape index (κ3) is 7.12. The molecule has 1 aliphatic carbocycles. The molecule has 0 aromatic heterocycles. The maximum atomic E-state index is 13.6. The zero-order valence-corrected chi connectivity index (χ0v) is 21.7. The highest BCUT2D eigenvalue weighted by molar-refractivity contribution is 5.95. The minimum atomic E-state index is -0.537. The van der Waals surface area contributed by atoms with Crippen molar-refractivity contribution in [2.75, 3.05) is 13.2 Å². The lowest BCUT2D eigenvalue weighted by Gasteiger charge is -2.36. The number of ether oxygens (including phenoxy) is 2. The maximum Gasteiger partial charge on any atom is 0.407 e. The van der Waals surface area contributed by atoms with Gasteiger partial charge in [0.1, 0.15) is 18.0 Å². The first-order chi connectivity index (χ1) is 17.3. The van der Waals surface area contributed by atoms with Gasteiger partial charge in [-0.1, -0.05) is 35.9 Å². The molecule has 2 aliphatic rings. The van der Waals surface area contributed by atoms with E-state index in [-0.39, 0.29) is 11.9 Å². The minimum absolute atomic E-state index is 0.000603. The Bertz CT molecular complexity index is 1100. The molecule has 2 aromatic rings. The predicted octanol–water partition coefficient (Wildman–Crippen LogP) is 6.57. The minimum Gasteiger partial charge on any atom is -0.490 e. The number of nitrogens with zero attached hydrogens (tertiary/aromatic N) is 1. The van der Waals surface area contributed by atoms with Gasteiger partial charge in [-0.2, -0.15) is 0 Å². The quantitative estimate of drug-likeness (QED) is 0.446. The molecule has 4 rings (SSSR count). The van der Waals surface area contributed by atoms with Gasteiger partial charge in [0.2, 0.25) is 0 Å². The summed E-state index contributed by atoms with van der Waals surface area (Å²) in [6.45, 7) is 7.17. The zero-order chi connectivity index (χ0) is 25.5. The molecule has 1 unspecified atom stereocenters. The molecule has 2 aromatic carbocycles. The molecule has 0 bridgehead atoms. The van der Waals surface area contributed by atoms with E-state index in [4.69, 9.17) is 9.47 Å². The molecule has 1 N–H and O–H groups in total. The van der Waals surface area contributed by atoms with E-state index in [0.29, 0.717) is 18.7 Å². The summed E-state index contributed by atoms with van der Waals surface area (Å²) >= 11 is 0.